The standard InChI is InChI=1S/C8H14O3S/c9-8(10)3-5-12-6-7-2-1-4-11-7/h7H,1-6H2,(H,9,10). The predicted molar refractivity (Wildman–Crippen MR) is 48.6 cm³/mol. The van der Waals surface area contributed by atoms with Crippen LogP contribution in [-0.4, -0.2) is 35.3 Å². The lowest BCUT2D eigenvalue weighted by Crippen LogP contribution is -2.09. The molecule has 1 saturated heterocycles. The number of carboxylic acid groups (broad SMARTS) is 1. The Labute approximate surface area is 76.5 Å². The molecule has 0 radical (unpaired) electrons. The molecule has 1 unspecified atom stereocenters. The summed E-state index contributed by atoms with van der Waals surface area (Å²) in [6, 6.07) is 0. The summed E-state index contributed by atoms with van der Waals surface area (Å²) in [7, 11) is 0. The van der Waals surface area contributed by atoms with Crippen LogP contribution >= 0.6 is 11.8 Å². The van der Waals surface area contributed by atoms with E-state index >= 15 is 0 Å². The first-order chi connectivity index (χ1) is 5.79. The SMILES string of the molecule is O=C(O)CCSCC1CCCO1. The van der Waals surface area contributed by atoms with Gasteiger partial charge in [-0.3, -0.25) is 4.79 Å². The van der Waals surface area contributed by atoms with Crippen LogP contribution < -0.4 is 0 Å². The molecule has 3 nitrogen and oxygen atoms in total. The minimum absolute atomic E-state index is 0.261. The Bertz CT molecular complexity index is 143. The van der Waals surface area contributed by atoms with Gasteiger partial charge >= 0.3 is 5.97 Å². The Kier molecular flexibility index (Phi) is 4.46. The summed E-state index contributed by atoms with van der Waals surface area (Å²) in [6.45, 7) is 0.879. The second-order valence-electron chi connectivity index (χ2n) is 2.85. The molecule has 1 fully saturated rings. The lowest BCUT2D eigenvalue weighted by atomic mass is 10.3. The van der Waals surface area contributed by atoms with Gasteiger partial charge in [-0.1, -0.05) is 0 Å². The summed E-state index contributed by atoms with van der Waals surface area (Å²) in [4.78, 5) is 10.2. The molecule has 4 heteroatoms. The number of ether oxygens (including phenoxy) is 1. The van der Waals surface area contributed by atoms with E-state index in [-0.39, 0.29) is 6.42 Å². The summed E-state index contributed by atoms with van der Waals surface area (Å²) in [6.07, 6.45) is 2.94. The van der Waals surface area contributed by atoms with E-state index in [1.54, 1.807) is 11.8 Å². The molecule has 0 aromatic rings. The highest BCUT2D eigenvalue weighted by Gasteiger charge is 2.14. The van der Waals surface area contributed by atoms with Crippen molar-refractivity contribution in [1.29, 1.82) is 0 Å². The number of carboxylic acids is 1. The maximum atomic E-state index is 10.2. The molecule has 1 N–H and O–H groups in total. The second kappa shape index (κ2) is 5.43. The van der Waals surface area contributed by atoms with Gasteiger partial charge in [0.15, 0.2) is 0 Å². The molecule has 1 heterocycles. The molecule has 0 spiro atoms. The van der Waals surface area contributed by atoms with Gasteiger partial charge in [0.05, 0.1) is 12.5 Å². The third-order valence-corrected chi connectivity index (χ3v) is 2.89. The van der Waals surface area contributed by atoms with Gasteiger partial charge in [0.25, 0.3) is 0 Å². The van der Waals surface area contributed by atoms with E-state index in [4.69, 9.17) is 9.84 Å². The Balaban J connectivity index is 1.91. The highest BCUT2D eigenvalue weighted by atomic mass is 32.2. The molecule has 0 saturated carbocycles. The van der Waals surface area contributed by atoms with Crippen molar-refractivity contribution in [2.45, 2.75) is 25.4 Å². The Hall–Kier alpha value is -0.220. The van der Waals surface area contributed by atoms with Crippen LogP contribution in [0.3, 0.4) is 0 Å². The van der Waals surface area contributed by atoms with Gasteiger partial charge in [-0.05, 0) is 12.8 Å². The number of rotatable bonds is 5. The van der Waals surface area contributed by atoms with Crippen LogP contribution in [-0.2, 0) is 9.53 Å². The summed E-state index contributed by atoms with van der Waals surface area (Å²) in [5.41, 5.74) is 0. The third kappa shape index (κ3) is 3.97. The molecule has 0 aromatic heterocycles. The summed E-state index contributed by atoms with van der Waals surface area (Å²) in [5.74, 6) is 0.942. The molecule has 12 heavy (non-hydrogen) atoms. The molecule has 0 aliphatic carbocycles. The van der Waals surface area contributed by atoms with Gasteiger partial charge in [0.1, 0.15) is 0 Å². The van der Waals surface area contributed by atoms with E-state index < -0.39 is 5.97 Å². The predicted octanol–water partition coefficient (Wildman–Crippen LogP) is 1.37. The van der Waals surface area contributed by atoms with E-state index in [1.165, 1.54) is 0 Å². The number of thioether (sulfide) groups is 1. The Morgan fingerprint density at radius 3 is 3.08 bits per heavy atom. The molecule has 1 atom stereocenters. The minimum Gasteiger partial charge on any atom is -0.481 e. The minimum atomic E-state index is -0.713. The molecule has 0 amide bonds. The van der Waals surface area contributed by atoms with Crippen LogP contribution in [0.25, 0.3) is 0 Å². The van der Waals surface area contributed by atoms with Gasteiger partial charge in [0.2, 0.25) is 0 Å². The first-order valence-electron chi connectivity index (χ1n) is 4.20. The zero-order chi connectivity index (χ0) is 8.81. The Morgan fingerprint density at radius 2 is 2.50 bits per heavy atom. The zero-order valence-electron chi connectivity index (χ0n) is 6.99. The number of hydrogen-bond donors (Lipinski definition) is 1. The summed E-state index contributed by atoms with van der Waals surface area (Å²) in [5, 5.41) is 8.36. The third-order valence-electron chi connectivity index (χ3n) is 1.79. The van der Waals surface area contributed by atoms with Crippen LogP contribution in [0.2, 0.25) is 0 Å². The van der Waals surface area contributed by atoms with Crippen molar-refractivity contribution in [3.8, 4) is 0 Å². The van der Waals surface area contributed by atoms with Crippen molar-refractivity contribution in [1.82, 2.24) is 0 Å². The Morgan fingerprint density at radius 1 is 1.67 bits per heavy atom. The summed E-state index contributed by atoms with van der Waals surface area (Å²) >= 11 is 1.67. The molecule has 70 valence electrons. The van der Waals surface area contributed by atoms with Gasteiger partial charge in [-0.2, -0.15) is 11.8 Å². The highest BCUT2D eigenvalue weighted by Crippen LogP contribution is 2.17. The average molecular weight is 190 g/mol. The fraction of sp³-hybridized carbons (Fsp3) is 0.875. The molecule has 0 bridgehead atoms. The summed E-state index contributed by atoms with van der Waals surface area (Å²) < 4.78 is 5.39. The van der Waals surface area contributed by atoms with Gasteiger partial charge in [-0.15, -0.1) is 0 Å². The smallest absolute Gasteiger partial charge is 0.304 e. The fourth-order valence-corrected chi connectivity index (χ4v) is 2.16. The van der Waals surface area contributed by atoms with E-state index in [0.717, 1.165) is 25.2 Å². The first kappa shape index (κ1) is 9.86. The monoisotopic (exact) mass is 190 g/mol. The molecule has 1 aliphatic rings. The van der Waals surface area contributed by atoms with Crippen molar-refractivity contribution in [3.63, 3.8) is 0 Å². The van der Waals surface area contributed by atoms with Crippen molar-refractivity contribution >= 4 is 17.7 Å². The van der Waals surface area contributed by atoms with Gasteiger partial charge < -0.3 is 9.84 Å². The zero-order valence-corrected chi connectivity index (χ0v) is 7.81. The quantitative estimate of drug-likeness (QED) is 0.665. The maximum Gasteiger partial charge on any atom is 0.304 e. The lowest BCUT2D eigenvalue weighted by molar-refractivity contribution is -0.136. The van der Waals surface area contributed by atoms with Crippen molar-refractivity contribution in [3.05, 3.63) is 0 Å². The number of aliphatic carboxylic acids is 1. The van der Waals surface area contributed by atoms with Crippen molar-refractivity contribution in [2.24, 2.45) is 0 Å². The molecular formula is C8H14O3S. The molecular weight excluding hydrogens is 176 g/mol. The average Bonchev–Trinajstić information content (AvgIpc) is 2.49. The van der Waals surface area contributed by atoms with E-state index in [9.17, 15) is 4.79 Å². The maximum absolute atomic E-state index is 10.2. The van der Waals surface area contributed by atoms with Crippen LogP contribution in [0.15, 0.2) is 0 Å². The highest BCUT2D eigenvalue weighted by molar-refractivity contribution is 7.99. The largest absolute Gasteiger partial charge is 0.481 e. The van der Waals surface area contributed by atoms with E-state index in [1.807, 2.05) is 0 Å². The van der Waals surface area contributed by atoms with E-state index in [0.29, 0.717) is 11.9 Å². The molecule has 1 rings (SSSR count). The van der Waals surface area contributed by atoms with Gasteiger partial charge in [0, 0.05) is 18.1 Å². The molecule has 1 aliphatic heterocycles. The fourth-order valence-electron chi connectivity index (χ4n) is 1.15. The van der Waals surface area contributed by atoms with Gasteiger partial charge in [-0.25, -0.2) is 0 Å². The first-order valence-corrected chi connectivity index (χ1v) is 5.35. The van der Waals surface area contributed by atoms with Crippen LogP contribution in [0.4, 0.5) is 0 Å². The normalized spacial score (nSPS) is 22.8. The van der Waals surface area contributed by atoms with Crippen LogP contribution in [0, 0.1) is 0 Å². The van der Waals surface area contributed by atoms with Crippen LogP contribution in [0.1, 0.15) is 19.3 Å². The molecule has 0 aromatic carbocycles. The topological polar surface area (TPSA) is 46.5 Å². The number of hydrogen-bond acceptors (Lipinski definition) is 3. The van der Waals surface area contributed by atoms with E-state index in [2.05, 4.69) is 0 Å². The van der Waals surface area contributed by atoms with Crippen molar-refractivity contribution < 1.29 is 14.6 Å². The van der Waals surface area contributed by atoms with Crippen LogP contribution in [0.5, 0.6) is 0 Å². The second-order valence-corrected chi connectivity index (χ2v) is 4.00. The lowest BCUT2D eigenvalue weighted by Gasteiger charge is -2.06. The number of carbonyl (C=O) groups is 1. The van der Waals surface area contributed by atoms with Crippen molar-refractivity contribution in [2.75, 3.05) is 18.1 Å².